The molecule has 3 rings (SSSR count). The molecule has 1 aliphatic heterocycles. The Morgan fingerprint density at radius 3 is 1.96 bits per heavy atom. The van der Waals surface area contributed by atoms with E-state index in [-0.39, 0.29) is 37.3 Å². The highest BCUT2D eigenvalue weighted by molar-refractivity contribution is 5.96. The molecule has 47 heavy (non-hydrogen) atoms. The van der Waals surface area contributed by atoms with Crippen molar-refractivity contribution in [3.8, 4) is 0 Å². The third-order valence-corrected chi connectivity index (χ3v) is 6.76. The molecular formula is C35H54N4O8. The summed E-state index contributed by atoms with van der Waals surface area (Å²) in [4.78, 5) is 58.4. The lowest BCUT2D eigenvalue weighted by atomic mass is 10.1. The Balaban J connectivity index is 0.000000678. The number of amides is 3. The van der Waals surface area contributed by atoms with Gasteiger partial charge in [-0.1, -0.05) is 81.9 Å². The fourth-order valence-corrected chi connectivity index (χ4v) is 4.07. The van der Waals surface area contributed by atoms with E-state index >= 15 is 0 Å². The van der Waals surface area contributed by atoms with E-state index in [1.807, 2.05) is 67.6 Å². The summed E-state index contributed by atoms with van der Waals surface area (Å²) < 4.78 is 9.51. The lowest BCUT2D eigenvalue weighted by Crippen LogP contribution is -2.61. The maximum atomic E-state index is 12.2. The van der Waals surface area contributed by atoms with Crippen molar-refractivity contribution in [2.45, 2.75) is 112 Å². The third-order valence-electron chi connectivity index (χ3n) is 6.76. The van der Waals surface area contributed by atoms with Gasteiger partial charge in [-0.25, -0.2) is 9.59 Å². The SMILES string of the molecule is C.CC[C@@H]1NC(=O)[C@@H](C)N(Cc2ccccc2)C1=O.CC[C@H](NC(=O)OC(C)(C)C)C(=O)O.COC(=O)[C@@H](C)NCc1ccccc1. The minimum atomic E-state index is -1.06. The summed E-state index contributed by atoms with van der Waals surface area (Å²) in [6.07, 6.45) is 0.253. The molecule has 12 nitrogen and oxygen atoms in total. The van der Waals surface area contributed by atoms with Gasteiger partial charge in [0.1, 0.15) is 29.8 Å². The topological polar surface area (TPSA) is 163 Å². The normalized spacial score (nSPS) is 16.7. The van der Waals surface area contributed by atoms with E-state index in [9.17, 15) is 24.0 Å². The molecule has 4 atom stereocenters. The average molecular weight is 659 g/mol. The second kappa shape index (κ2) is 21.4. The molecule has 1 heterocycles. The lowest BCUT2D eigenvalue weighted by molar-refractivity contribution is -0.149. The molecule has 0 bridgehead atoms. The number of esters is 1. The molecule has 1 saturated heterocycles. The predicted molar refractivity (Wildman–Crippen MR) is 181 cm³/mol. The van der Waals surface area contributed by atoms with Gasteiger partial charge < -0.3 is 35.4 Å². The Morgan fingerprint density at radius 2 is 1.51 bits per heavy atom. The molecule has 2 aromatic rings. The summed E-state index contributed by atoms with van der Waals surface area (Å²) in [5, 5.41) is 16.7. The second-order valence-corrected chi connectivity index (χ2v) is 11.7. The van der Waals surface area contributed by atoms with Crippen molar-refractivity contribution >= 4 is 29.8 Å². The summed E-state index contributed by atoms with van der Waals surface area (Å²) in [5.41, 5.74) is 1.59. The second-order valence-electron chi connectivity index (χ2n) is 11.7. The Labute approximate surface area is 279 Å². The molecule has 2 aromatic carbocycles. The van der Waals surface area contributed by atoms with Crippen LogP contribution in [0.1, 0.15) is 79.9 Å². The number of carbonyl (C=O) groups excluding carboxylic acids is 4. The van der Waals surface area contributed by atoms with Crippen LogP contribution in [0.3, 0.4) is 0 Å². The first-order valence-corrected chi connectivity index (χ1v) is 15.4. The number of nitrogens with zero attached hydrogens (tertiary/aromatic N) is 1. The quantitative estimate of drug-likeness (QED) is 0.266. The van der Waals surface area contributed by atoms with Gasteiger partial charge in [0.25, 0.3) is 0 Å². The molecule has 4 N–H and O–H groups in total. The van der Waals surface area contributed by atoms with E-state index in [0.29, 0.717) is 25.9 Å². The largest absolute Gasteiger partial charge is 0.480 e. The number of ether oxygens (including phenoxy) is 2. The molecule has 0 aromatic heterocycles. The number of hydrogen-bond acceptors (Lipinski definition) is 8. The van der Waals surface area contributed by atoms with E-state index in [4.69, 9.17) is 9.84 Å². The van der Waals surface area contributed by atoms with Crippen molar-refractivity contribution in [3.05, 3.63) is 71.8 Å². The molecule has 0 radical (unpaired) electrons. The van der Waals surface area contributed by atoms with Gasteiger partial charge in [0.05, 0.1) is 7.11 Å². The van der Waals surface area contributed by atoms with Gasteiger partial charge in [0.2, 0.25) is 11.8 Å². The highest BCUT2D eigenvalue weighted by atomic mass is 16.6. The molecule has 12 heteroatoms. The number of alkyl carbamates (subject to hydrolysis) is 1. The number of carboxylic acids is 1. The van der Waals surface area contributed by atoms with Gasteiger partial charge in [0.15, 0.2) is 0 Å². The number of carbonyl (C=O) groups is 5. The molecule has 262 valence electrons. The van der Waals surface area contributed by atoms with Gasteiger partial charge in [0, 0.05) is 13.1 Å². The highest BCUT2D eigenvalue weighted by Gasteiger charge is 2.36. The van der Waals surface area contributed by atoms with Crippen LogP contribution in [0.2, 0.25) is 0 Å². The van der Waals surface area contributed by atoms with Crippen LogP contribution in [0.15, 0.2) is 60.7 Å². The molecule has 1 fully saturated rings. The fraction of sp³-hybridized carbons (Fsp3) is 0.514. The van der Waals surface area contributed by atoms with Gasteiger partial charge in [-0.05, 0) is 58.6 Å². The molecule has 0 aliphatic carbocycles. The number of hydrogen-bond donors (Lipinski definition) is 4. The number of piperazine rings is 1. The standard InChI is InChI=1S/C14H18N2O2.C11H15NO2.C9H17NO4.CH4/c1-3-12-14(18)16(10(2)13(17)15-12)9-11-7-5-4-6-8-11;1-9(11(13)14-2)12-8-10-6-4-3-5-7-10;1-5-6(7(11)12)10-8(13)14-9(2,3)4;/h4-8,10,12H,3,9H2,1-2H3,(H,15,17);3-7,9,12H,8H2,1-2H3;6H,5H2,1-4H3,(H,10,13)(H,11,12);1H4/t10-,12+;9-;6-;/m110./s1. The summed E-state index contributed by atoms with van der Waals surface area (Å²) in [5.74, 6) is -1.36. The molecule has 3 amide bonds. The van der Waals surface area contributed by atoms with Crippen molar-refractivity contribution in [2.75, 3.05) is 7.11 Å². The minimum Gasteiger partial charge on any atom is -0.480 e. The number of carboxylic acid groups (broad SMARTS) is 1. The summed E-state index contributed by atoms with van der Waals surface area (Å²) in [6.45, 7) is 13.4. The van der Waals surface area contributed by atoms with Gasteiger partial charge >= 0.3 is 18.0 Å². The van der Waals surface area contributed by atoms with Crippen LogP contribution >= 0.6 is 0 Å². The van der Waals surface area contributed by atoms with Crippen LogP contribution < -0.4 is 16.0 Å². The Kier molecular flexibility index (Phi) is 19.3. The summed E-state index contributed by atoms with van der Waals surface area (Å²) >= 11 is 0. The third kappa shape index (κ3) is 16.1. The fourth-order valence-electron chi connectivity index (χ4n) is 4.07. The molecular weight excluding hydrogens is 604 g/mol. The first kappa shape index (κ1) is 42.6. The van der Waals surface area contributed by atoms with Crippen LogP contribution in [0.4, 0.5) is 4.79 Å². The Morgan fingerprint density at radius 1 is 0.979 bits per heavy atom. The van der Waals surface area contributed by atoms with Crippen molar-refractivity contribution < 1.29 is 38.6 Å². The van der Waals surface area contributed by atoms with Crippen LogP contribution in [0, 0.1) is 0 Å². The van der Waals surface area contributed by atoms with Crippen LogP contribution in [-0.4, -0.2) is 76.7 Å². The van der Waals surface area contributed by atoms with E-state index in [2.05, 4.69) is 20.7 Å². The van der Waals surface area contributed by atoms with E-state index < -0.39 is 29.7 Å². The highest BCUT2D eigenvalue weighted by Crippen LogP contribution is 2.16. The van der Waals surface area contributed by atoms with E-state index in [1.165, 1.54) is 7.11 Å². The summed E-state index contributed by atoms with van der Waals surface area (Å²) in [7, 11) is 1.39. The van der Waals surface area contributed by atoms with Gasteiger partial charge in [-0.15, -0.1) is 0 Å². The van der Waals surface area contributed by atoms with Crippen molar-refractivity contribution in [1.82, 2.24) is 20.9 Å². The zero-order valence-corrected chi connectivity index (χ0v) is 28.2. The summed E-state index contributed by atoms with van der Waals surface area (Å²) in [6, 6.07) is 17.7. The smallest absolute Gasteiger partial charge is 0.408 e. The maximum absolute atomic E-state index is 12.2. The molecule has 1 aliphatic rings. The minimum absolute atomic E-state index is 0. The predicted octanol–water partition coefficient (Wildman–Crippen LogP) is 4.66. The molecule has 0 saturated carbocycles. The lowest BCUT2D eigenvalue weighted by Gasteiger charge is -2.37. The molecule has 0 unspecified atom stereocenters. The monoisotopic (exact) mass is 658 g/mol. The Hall–Kier alpha value is -4.45. The van der Waals surface area contributed by atoms with Crippen molar-refractivity contribution in [1.29, 1.82) is 0 Å². The number of methoxy groups -OCH3 is 1. The number of benzene rings is 2. The van der Waals surface area contributed by atoms with E-state index in [0.717, 1.165) is 11.1 Å². The number of rotatable bonds is 10. The van der Waals surface area contributed by atoms with Crippen LogP contribution in [0.25, 0.3) is 0 Å². The molecule has 0 spiro atoms. The van der Waals surface area contributed by atoms with Crippen LogP contribution in [0.5, 0.6) is 0 Å². The van der Waals surface area contributed by atoms with E-state index in [1.54, 1.807) is 46.4 Å². The average Bonchev–Trinajstić information content (AvgIpc) is 3.02. The Bertz CT molecular complexity index is 1250. The zero-order valence-electron chi connectivity index (χ0n) is 28.2. The number of nitrogens with one attached hydrogen (secondary N) is 3. The first-order chi connectivity index (χ1) is 21.6. The number of aliphatic carboxylic acids is 1. The first-order valence-electron chi connectivity index (χ1n) is 15.4. The van der Waals surface area contributed by atoms with Crippen LogP contribution in [-0.2, 0) is 41.7 Å². The zero-order chi connectivity index (χ0) is 34.9. The van der Waals surface area contributed by atoms with Gasteiger partial charge in [-0.2, -0.15) is 0 Å². The van der Waals surface area contributed by atoms with Crippen molar-refractivity contribution in [2.24, 2.45) is 0 Å². The van der Waals surface area contributed by atoms with Crippen molar-refractivity contribution in [3.63, 3.8) is 0 Å². The van der Waals surface area contributed by atoms with Gasteiger partial charge in [-0.3, -0.25) is 14.4 Å². The maximum Gasteiger partial charge on any atom is 0.408 e.